The fraction of sp³-hybridized carbons (Fsp3) is 0.438. The molecule has 10 heteroatoms. The zero-order valence-corrected chi connectivity index (χ0v) is 15.8. The molecule has 1 amide bonds. The average molecular weight is 423 g/mol. The molecule has 9 nitrogen and oxygen atoms in total. The van der Waals surface area contributed by atoms with Crippen molar-refractivity contribution in [1.29, 1.82) is 0 Å². The molecule has 0 spiro atoms. The van der Waals surface area contributed by atoms with E-state index in [1.54, 1.807) is 12.3 Å². The number of likely N-dealkylation sites (tertiary alicyclic amines) is 1. The van der Waals surface area contributed by atoms with Crippen molar-refractivity contribution in [2.45, 2.75) is 26.4 Å². The molecule has 3 heterocycles. The largest absolute Gasteiger partial charge is 0.404 e. The minimum atomic E-state index is -0.526. The van der Waals surface area contributed by atoms with E-state index in [4.69, 9.17) is 0 Å². The molecule has 1 aliphatic heterocycles. The lowest BCUT2D eigenvalue weighted by Crippen LogP contribution is -2.41. The second kappa shape index (κ2) is 7.92. The van der Waals surface area contributed by atoms with Crippen LogP contribution in [-0.2, 0) is 11.5 Å². The Bertz CT molecular complexity index is 824. The molecule has 1 atom stereocenters. The summed E-state index contributed by atoms with van der Waals surface area (Å²) in [5.74, 6) is 0.140. The first-order valence-corrected chi connectivity index (χ1v) is 9.06. The molecular formula is C16H19BrN6O3. The highest BCUT2D eigenvalue weighted by Crippen LogP contribution is 2.23. The van der Waals surface area contributed by atoms with Crippen LogP contribution in [0.25, 0.3) is 0 Å². The second-order valence-electron chi connectivity index (χ2n) is 6.31. The second-order valence-corrected chi connectivity index (χ2v) is 7.16. The van der Waals surface area contributed by atoms with Gasteiger partial charge in [0.25, 0.3) is 0 Å². The number of piperidine rings is 1. The molecular weight excluding hydrogens is 404 g/mol. The molecule has 2 aromatic rings. The predicted molar refractivity (Wildman–Crippen MR) is 98.5 cm³/mol. The highest BCUT2D eigenvalue weighted by molar-refractivity contribution is 9.10. The minimum Gasteiger partial charge on any atom is -0.358 e. The third kappa shape index (κ3) is 4.44. The van der Waals surface area contributed by atoms with Crippen LogP contribution in [0.5, 0.6) is 0 Å². The molecule has 138 valence electrons. The van der Waals surface area contributed by atoms with Crippen LogP contribution in [0.1, 0.15) is 18.5 Å². The van der Waals surface area contributed by atoms with Gasteiger partial charge in [0.1, 0.15) is 17.0 Å². The Hall–Kier alpha value is -2.33. The third-order valence-corrected chi connectivity index (χ3v) is 4.79. The molecule has 0 saturated carbocycles. The van der Waals surface area contributed by atoms with Crippen molar-refractivity contribution in [3.05, 3.63) is 44.7 Å². The number of anilines is 1. The SMILES string of the molecule is Cc1cccc(NC(=O)C2CCCN(Cn3cc(Br)c([N+](=O)[O-])n3)C2)n1. The first kappa shape index (κ1) is 18.5. The predicted octanol–water partition coefficient (Wildman–Crippen LogP) is 2.57. The van der Waals surface area contributed by atoms with Crippen LogP contribution in [0.2, 0.25) is 0 Å². The number of hydrogen-bond donors (Lipinski definition) is 1. The normalized spacial score (nSPS) is 17.8. The quantitative estimate of drug-likeness (QED) is 0.585. The van der Waals surface area contributed by atoms with Crippen molar-refractivity contribution in [2.75, 3.05) is 18.4 Å². The molecule has 0 radical (unpaired) electrons. The number of nitro groups is 1. The zero-order valence-electron chi connectivity index (χ0n) is 14.3. The summed E-state index contributed by atoms with van der Waals surface area (Å²) in [6.45, 7) is 3.67. The lowest BCUT2D eigenvalue weighted by molar-refractivity contribution is -0.390. The van der Waals surface area contributed by atoms with Gasteiger partial charge in [-0.05, 0) is 52.8 Å². The smallest absolute Gasteiger partial charge is 0.358 e. The van der Waals surface area contributed by atoms with Crippen LogP contribution >= 0.6 is 15.9 Å². The van der Waals surface area contributed by atoms with Crippen molar-refractivity contribution in [3.63, 3.8) is 0 Å². The summed E-state index contributed by atoms with van der Waals surface area (Å²) in [7, 11) is 0. The lowest BCUT2D eigenvalue weighted by atomic mass is 9.97. The van der Waals surface area contributed by atoms with Crippen molar-refractivity contribution in [1.82, 2.24) is 19.7 Å². The summed E-state index contributed by atoms with van der Waals surface area (Å²) in [6.07, 6.45) is 3.26. The van der Waals surface area contributed by atoms with Gasteiger partial charge >= 0.3 is 5.82 Å². The number of pyridine rings is 1. The number of aromatic nitrogens is 3. The maximum atomic E-state index is 12.5. The maximum Gasteiger partial charge on any atom is 0.404 e. The van der Waals surface area contributed by atoms with E-state index < -0.39 is 4.92 Å². The lowest BCUT2D eigenvalue weighted by Gasteiger charge is -2.30. The molecule has 26 heavy (non-hydrogen) atoms. The van der Waals surface area contributed by atoms with Crippen LogP contribution in [0.4, 0.5) is 11.6 Å². The fourth-order valence-electron chi connectivity index (χ4n) is 3.03. The summed E-state index contributed by atoms with van der Waals surface area (Å²) in [5, 5.41) is 17.7. The number of nitrogens with zero attached hydrogens (tertiary/aromatic N) is 5. The van der Waals surface area contributed by atoms with Crippen LogP contribution in [0.15, 0.2) is 28.9 Å². The van der Waals surface area contributed by atoms with Gasteiger partial charge in [-0.25, -0.2) is 4.98 Å². The standard InChI is InChI=1S/C16H19BrN6O3/c1-11-4-2-6-14(18-11)19-16(24)12-5-3-7-21(8-12)10-22-9-13(17)15(20-22)23(25)26/h2,4,6,9,12H,3,5,7-8,10H2,1H3,(H,18,19,24). The van der Waals surface area contributed by atoms with Crippen LogP contribution in [-0.4, -0.2) is 43.6 Å². The molecule has 2 aromatic heterocycles. The Morgan fingerprint density at radius 2 is 2.31 bits per heavy atom. The zero-order chi connectivity index (χ0) is 18.7. The summed E-state index contributed by atoms with van der Waals surface area (Å²) in [6, 6.07) is 5.50. The van der Waals surface area contributed by atoms with E-state index in [0.717, 1.165) is 25.1 Å². The summed E-state index contributed by atoms with van der Waals surface area (Å²) in [4.78, 5) is 29.3. The Morgan fingerprint density at radius 3 is 3.00 bits per heavy atom. The van der Waals surface area contributed by atoms with E-state index in [9.17, 15) is 14.9 Å². The van der Waals surface area contributed by atoms with Gasteiger partial charge in [0.15, 0.2) is 0 Å². The van der Waals surface area contributed by atoms with Crippen LogP contribution < -0.4 is 5.32 Å². The van der Waals surface area contributed by atoms with E-state index in [0.29, 0.717) is 23.5 Å². The van der Waals surface area contributed by atoms with Gasteiger partial charge in [0.05, 0.1) is 17.2 Å². The van der Waals surface area contributed by atoms with Crippen LogP contribution in [0, 0.1) is 23.0 Å². The first-order valence-electron chi connectivity index (χ1n) is 8.26. The van der Waals surface area contributed by atoms with Gasteiger partial charge in [-0.2, -0.15) is 4.68 Å². The summed E-state index contributed by atoms with van der Waals surface area (Å²) in [5.41, 5.74) is 0.846. The van der Waals surface area contributed by atoms with Crippen molar-refractivity contribution < 1.29 is 9.72 Å². The van der Waals surface area contributed by atoms with Gasteiger partial charge < -0.3 is 15.4 Å². The van der Waals surface area contributed by atoms with E-state index in [2.05, 4.69) is 36.2 Å². The highest BCUT2D eigenvalue weighted by atomic mass is 79.9. The number of rotatable bonds is 5. The Morgan fingerprint density at radius 1 is 1.50 bits per heavy atom. The molecule has 1 saturated heterocycles. The molecule has 1 N–H and O–H groups in total. The fourth-order valence-corrected chi connectivity index (χ4v) is 3.49. The van der Waals surface area contributed by atoms with Crippen molar-refractivity contribution in [3.8, 4) is 0 Å². The van der Waals surface area contributed by atoms with Gasteiger partial charge in [-0.1, -0.05) is 6.07 Å². The summed E-state index contributed by atoms with van der Waals surface area (Å²) >= 11 is 3.15. The topological polar surface area (TPSA) is 106 Å². The number of aryl methyl sites for hydroxylation is 1. The van der Waals surface area contributed by atoms with Crippen LogP contribution in [0.3, 0.4) is 0 Å². The molecule has 3 rings (SSSR count). The highest BCUT2D eigenvalue weighted by Gasteiger charge is 2.27. The van der Waals surface area contributed by atoms with E-state index in [-0.39, 0.29) is 17.6 Å². The minimum absolute atomic E-state index is 0.0552. The summed E-state index contributed by atoms with van der Waals surface area (Å²) < 4.78 is 1.87. The monoisotopic (exact) mass is 422 g/mol. The van der Waals surface area contributed by atoms with Gasteiger partial charge in [-0.3, -0.25) is 9.69 Å². The molecule has 1 unspecified atom stereocenters. The number of nitrogens with one attached hydrogen (secondary N) is 1. The Balaban J connectivity index is 1.61. The van der Waals surface area contributed by atoms with Gasteiger partial charge in [-0.15, -0.1) is 0 Å². The molecule has 0 bridgehead atoms. The van der Waals surface area contributed by atoms with Crippen molar-refractivity contribution in [2.24, 2.45) is 5.92 Å². The third-order valence-electron chi connectivity index (χ3n) is 4.23. The molecule has 0 aromatic carbocycles. The number of halogens is 1. The van der Waals surface area contributed by atoms with Gasteiger partial charge in [0.2, 0.25) is 5.91 Å². The van der Waals surface area contributed by atoms with Gasteiger partial charge in [0, 0.05) is 18.8 Å². The molecule has 1 fully saturated rings. The Kier molecular flexibility index (Phi) is 5.62. The number of carbonyl (C=O) groups excluding carboxylic acids is 1. The molecule has 0 aliphatic carbocycles. The Labute approximate surface area is 158 Å². The molecule has 1 aliphatic rings. The maximum absolute atomic E-state index is 12.5. The number of carbonyl (C=O) groups is 1. The van der Waals surface area contributed by atoms with E-state index in [1.165, 1.54) is 4.68 Å². The first-order chi connectivity index (χ1) is 12.4. The van der Waals surface area contributed by atoms with Crippen molar-refractivity contribution >= 4 is 33.5 Å². The number of amides is 1. The van der Waals surface area contributed by atoms with E-state index in [1.807, 2.05) is 19.1 Å². The average Bonchev–Trinajstić information content (AvgIpc) is 2.95. The van der Waals surface area contributed by atoms with E-state index >= 15 is 0 Å². The number of hydrogen-bond acceptors (Lipinski definition) is 6.